The normalized spacial score (nSPS) is 14.0. The second kappa shape index (κ2) is 8.05. The van der Waals surface area contributed by atoms with Crippen LogP contribution >= 0.6 is 0 Å². The number of carbonyl (C=O) groups excluding carboxylic acids is 1. The van der Waals surface area contributed by atoms with Gasteiger partial charge < -0.3 is 19.8 Å². The van der Waals surface area contributed by atoms with Crippen LogP contribution < -0.4 is 10.1 Å². The Bertz CT molecular complexity index is 1100. The van der Waals surface area contributed by atoms with Crippen molar-refractivity contribution in [2.75, 3.05) is 26.8 Å². The predicted molar refractivity (Wildman–Crippen MR) is 109 cm³/mol. The van der Waals surface area contributed by atoms with Gasteiger partial charge in [-0.05, 0) is 55.3 Å². The summed E-state index contributed by atoms with van der Waals surface area (Å²) < 4.78 is 24.9. The molecule has 0 saturated carbocycles. The fourth-order valence-corrected chi connectivity index (χ4v) is 3.73. The molecule has 0 unspecified atom stereocenters. The van der Waals surface area contributed by atoms with Crippen LogP contribution in [0.4, 0.5) is 4.39 Å². The van der Waals surface area contributed by atoms with Crippen LogP contribution in [0.3, 0.4) is 0 Å². The van der Waals surface area contributed by atoms with E-state index in [1.807, 2.05) is 0 Å². The molecule has 3 aromatic rings. The van der Waals surface area contributed by atoms with E-state index in [1.54, 1.807) is 25.3 Å². The molecule has 0 amide bonds. The molecule has 1 aliphatic heterocycles. The summed E-state index contributed by atoms with van der Waals surface area (Å²) in [5, 5.41) is 3.87. The van der Waals surface area contributed by atoms with E-state index in [9.17, 15) is 9.18 Å². The summed E-state index contributed by atoms with van der Waals surface area (Å²) in [7, 11) is 1.53. The summed E-state index contributed by atoms with van der Waals surface area (Å²) >= 11 is 0. The number of methoxy groups -OCH3 is 1. The number of fused-ring (bicyclic) bond motifs is 1. The van der Waals surface area contributed by atoms with E-state index >= 15 is 0 Å². The first kappa shape index (κ1) is 19.1. The molecule has 4 rings (SSSR count). The minimum atomic E-state index is -0.433. The van der Waals surface area contributed by atoms with Crippen LogP contribution in [0.25, 0.3) is 27.7 Å². The molecular formula is C22H22FN3O3. The lowest BCUT2D eigenvalue weighted by Crippen LogP contribution is -2.20. The summed E-state index contributed by atoms with van der Waals surface area (Å²) in [5.41, 5.74) is 3.91. The van der Waals surface area contributed by atoms with E-state index in [4.69, 9.17) is 9.47 Å². The number of H-pyrrole nitrogens is 1. The third-order valence-corrected chi connectivity index (χ3v) is 5.01. The molecule has 0 bridgehead atoms. The molecule has 0 radical (unpaired) electrons. The van der Waals surface area contributed by atoms with Crippen molar-refractivity contribution < 1.29 is 18.7 Å². The minimum Gasteiger partial charge on any atom is -0.496 e. The van der Waals surface area contributed by atoms with Gasteiger partial charge in [-0.25, -0.2) is 14.2 Å². The molecule has 150 valence electrons. The zero-order chi connectivity index (χ0) is 20.4. The molecule has 2 N–H and O–H groups in total. The second-order valence-electron chi connectivity index (χ2n) is 6.71. The first-order valence-electron chi connectivity index (χ1n) is 9.55. The number of pyridine rings is 1. The molecule has 29 heavy (non-hydrogen) atoms. The monoisotopic (exact) mass is 395 g/mol. The van der Waals surface area contributed by atoms with E-state index in [0.717, 1.165) is 25.1 Å². The number of benzene rings is 1. The van der Waals surface area contributed by atoms with Crippen molar-refractivity contribution in [3.05, 3.63) is 53.6 Å². The molecular weight excluding hydrogens is 373 g/mol. The van der Waals surface area contributed by atoms with E-state index in [-0.39, 0.29) is 12.4 Å². The number of nitrogens with one attached hydrogen (secondary N) is 2. The lowest BCUT2D eigenvalue weighted by molar-refractivity contribution is 0.0528. The Morgan fingerprint density at radius 2 is 2.14 bits per heavy atom. The highest BCUT2D eigenvalue weighted by Crippen LogP contribution is 2.39. The first-order valence-corrected chi connectivity index (χ1v) is 9.55. The Hall–Kier alpha value is -3.19. The van der Waals surface area contributed by atoms with Gasteiger partial charge in [0.2, 0.25) is 0 Å². The molecule has 0 spiro atoms. The van der Waals surface area contributed by atoms with Crippen molar-refractivity contribution in [1.82, 2.24) is 15.3 Å². The van der Waals surface area contributed by atoms with Gasteiger partial charge in [0.05, 0.1) is 25.0 Å². The fourth-order valence-electron chi connectivity index (χ4n) is 3.73. The Kier molecular flexibility index (Phi) is 5.31. The van der Waals surface area contributed by atoms with Gasteiger partial charge in [0.1, 0.15) is 17.2 Å². The van der Waals surface area contributed by atoms with E-state index in [0.29, 0.717) is 39.2 Å². The van der Waals surface area contributed by atoms with Gasteiger partial charge in [-0.15, -0.1) is 0 Å². The fraction of sp³-hybridized carbons (Fsp3) is 0.273. The number of rotatable bonds is 5. The Labute approximate surface area is 167 Å². The zero-order valence-electron chi connectivity index (χ0n) is 16.3. The lowest BCUT2D eigenvalue weighted by Gasteiger charge is -2.15. The molecule has 0 atom stereocenters. The van der Waals surface area contributed by atoms with Gasteiger partial charge in [-0.3, -0.25) is 0 Å². The van der Waals surface area contributed by atoms with Crippen LogP contribution in [0.2, 0.25) is 0 Å². The molecule has 2 aromatic heterocycles. The van der Waals surface area contributed by atoms with E-state index < -0.39 is 5.97 Å². The van der Waals surface area contributed by atoms with Crippen molar-refractivity contribution in [3.8, 4) is 16.9 Å². The largest absolute Gasteiger partial charge is 0.496 e. The predicted octanol–water partition coefficient (Wildman–Crippen LogP) is 3.93. The highest BCUT2D eigenvalue weighted by molar-refractivity contribution is 6.13. The third-order valence-electron chi connectivity index (χ3n) is 5.01. The molecule has 1 aromatic carbocycles. The Balaban J connectivity index is 2.03. The molecule has 0 fully saturated rings. The van der Waals surface area contributed by atoms with Crippen LogP contribution in [0, 0.1) is 5.82 Å². The zero-order valence-corrected chi connectivity index (χ0v) is 16.3. The molecule has 1 aliphatic rings. The third kappa shape index (κ3) is 3.49. The van der Waals surface area contributed by atoms with E-state index in [1.165, 1.54) is 19.2 Å². The number of hydrogen-bond acceptors (Lipinski definition) is 5. The smallest absolute Gasteiger partial charge is 0.341 e. The average molecular weight is 395 g/mol. The molecule has 0 aliphatic carbocycles. The SMILES string of the molecule is CCOC(=O)c1c(C2=CCNCC2)[nH]c2nccc(-c3cc(F)ccc3OC)c12. The van der Waals surface area contributed by atoms with E-state index in [2.05, 4.69) is 21.4 Å². The minimum absolute atomic E-state index is 0.254. The number of hydrogen-bond donors (Lipinski definition) is 2. The van der Waals surface area contributed by atoms with Crippen molar-refractivity contribution in [1.29, 1.82) is 0 Å². The highest BCUT2D eigenvalue weighted by atomic mass is 19.1. The van der Waals surface area contributed by atoms with Gasteiger partial charge in [-0.2, -0.15) is 0 Å². The number of ether oxygens (including phenoxy) is 2. The quantitative estimate of drug-likeness (QED) is 0.640. The van der Waals surface area contributed by atoms with Gasteiger partial charge >= 0.3 is 5.97 Å². The summed E-state index contributed by atoms with van der Waals surface area (Å²) in [6.45, 7) is 3.57. The summed E-state index contributed by atoms with van der Waals surface area (Å²) in [6.07, 6.45) is 4.46. The summed E-state index contributed by atoms with van der Waals surface area (Å²) in [6, 6.07) is 6.08. The number of aromatic amines is 1. The van der Waals surface area contributed by atoms with Gasteiger partial charge in [0.15, 0.2) is 0 Å². The van der Waals surface area contributed by atoms with Crippen molar-refractivity contribution >= 4 is 22.6 Å². The van der Waals surface area contributed by atoms with Crippen LogP contribution in [0.1, 0.15) is 29.4 Å². The van der Waals surface area contributed by atoms with Crippen LogP contribution in [0.15, 0.2) is 36.5 Å². The number of esters is 1. The molecule has 0 saturated heterocycles. The maximum atomic E-state index is 14.1. The van der Waals surface area contributed by atoms with Crippen molar-refractivity contribution in [2.24, 2.45) is 0 Å². The van der Waals surface area contributed by atoms with Crippen molar-refractivity contribution in [3.63, 3.8) is 0 Å². The summed E-state index contributed by atoms with van der Waals surface area (Å²) in [5.74, 6) is -0.310. The maximum Gasteiger partial charge on any atom is 0.341 e. The van der Waals surface area contributed by atoms with Crippen LogP contribution in [-0.4, -0.2) is 42.7 Å². The topological polar surface area (TPSA) is 76.2 Å². The molecule has 6 nitrogen and oxygen atoms in total. The lowest BCUT2D eigenvalue weighted by atomic mass is 9.96. The Morgan fingerprint density at radius 3 is 2.86 bits per heavy atom. The molecule has 7 heteroatoms. The van der Waals surface area contributed by atoms with Gasteiger partial charge in [0.25, 0.3) is 0 Å². The standard InChI is InChI=1S/C22H22FN3O3/c1-3-29-22(27)19-18-15(16-12-14(23)4-5-17(16)28-2)8-11-25-21(18)26-20(19)13-6-9-24-10-7-13/h4-6,8,11-12,24H,3,7,9-10H2,1-2H3,(H,25,26). The number of carbonyl (C=O) groups is 1. The highest BCUT2D eigenvalue weighted by Gasteiger charge is 2.26. The van der Waals surface area contributed by atoms with Gasteiger partial charge in [0, 0.05) is 23.7 Å². The van der Waals surface area contributed by atoms with Crippen LogP contribution in [0.5, 0.6) is 5.75 Å². The average Bonchev–Trinajstić information content (AvgIpc) is 3.14. The first-order chi connectivity index (χ1) is 14.1. The Morgan fingerprint density at radius 1 is 1.28 bits per heavy atom. The van der Waals surface area contributed by atoms with Crippen molar-refractivity contribution in [2.45, 2.75) is 13.3 Å². The van der Waals surface area contributed by atoms with Gasteiger partial charge in [-0.1, -0.05) is 6.08 Å². The number of aromatic nitrogens is 2. The maximum absolute atomic E-state index is 14.1. The summed E-state index contributed by atoms with van der Waals surface area (Å²) in [4.78, 5) is 20.7. The second-order valence-corrected chi connectivity index (χ2v) is 6.71. The number of nitrogens with zero attached hydrogens (tertiary/aromatic N) is 1. The molecule has 3 heterocycles. The number of halogens is 1. The van der Waals surface area contributed by atoms with Crippen LogP contribution in [-0.2, 0) is 4.74 Å².